The van der Waals surface area contributed by atoms with Crippen LogP contribution >= 0.6 is 0 Å². The van der Waals surface area contributed by atoms with Gasteiger partial charge in [0.2, 0.25) is 0 Å². The minimum atomic E-state index is 0.216. The van der Waals surface area contributed by atoms with E-state index in [0.717, 1.165) is 37.6 Å². The summed E-state index contributed by atoms with van der Waals surface area (Å²) in [5.74, 6) is 3.05. The zero-order chi connectivity index (χ0) is 18.6. The molecule has 5 aliphatic heterocycles. The Labute approximate surface area is 166 Å². The highest BCUT2D eigenvalue weighted by Crippen LogP contribution is 2.66. The largest absolute Gasteiger partial charge is 0.493 e. The van der Waals surface area contributed by atoms with Crippen LogP contribution in [0.3, 0.4) is 0 Å². The molecule has 0 amide bonds. The predicted octanol–water partition coefficient (Wildman–Crippen LogP) is 2.58. The van der Waals surface area contributed by atoms with Gasteiger partial charge in [-0.25, -0.2) is 0 Å². The van der Waals surface area contributed by atoms with E-state index < -0.39 is 0 Å². The lowest BCUT2D eigenvalue weighted by atomic mass is 9.53. The summed E-state index contributed by atoms with van der Waals surface area (Å²) in [6.07, 6.45) is 6.52. The molecule has 2 bridgehead atoms. The molecule has 0 radical (unpaired) electrons. The molecule has 5 heteroatoms. The van der Waals surface area contributed by atoms with Crippen LogP contribution in [-0.2, 0) is 10.2 Å². The zero-order valence-corrected chi connectivity index (χ0v) is 16.7. The normalized spacial score (nSPS) is 42.0. The van der Waals surface area contributed by atoms with Crippen molar-refractivity contribution in [2.75, 3.05) is 45.4 Å². The van der Waals surface area contributed by atoms with Crippen LogP contribution in [0.25, 0.3) is 0 Å². The lowest BCUT2D eigenvalue weighted by molar-refractivity contribution is -0.0566. The predicted molar refractivity (Wildman–Crippen MR) is 106 cm³/mol. The fraction of sp³-hybridized carbons (Fsp3) is 0.652. The van der Waals surface area contributed by atoms with Gasteiger partial charge in [0.25, 0.3) is 0 Å². The van der Waals surface area contributed by atoms with E-state index in [9.17, 15) is 0 Å². The van der Waals surface area contributed by atoms with Gasteiger partial charge in [-0.1, -0.05) is 11.6 Å². The third-order valence-corrected chi connectivity index (χ3v) is 8.93. The van der Waals surface area contributed by atoms with Crippen LogP contribution < -0.4 is 14.4 Å². The number of methoxy groups -OCH3 is 2. The zero-order valence-electron chi connectivity index (χ0n) is 16.7. The molecule has 0 aromatic heterocycles. The molecule has 1 aromatic carbocycles. The van der Waals surface area contributed by atoms with E-state index in [1.54, 1.807) is 19.8 Å². The number of hydrogen-bond donors (Lipinski definition) is 0. The van der Waals surface area contributed by atoms with Crippen LogP contribution in [0, 0.1) is 11.8 Å². The molecule has 28 heavy (non-hydrogen) atoms. The number of ether oxygens (including phenoxy) is 3. The van der Waals surface area contributed by atoms with Gasteiger partial charge in [-0.3, -0.25) is 4.90 Å². The Morgan fingerprint density at radius 2 is 2.00 bits per heavy atom. The second kappa shape index (κ2) is 5.25. The number of anilines is 1. The van der Waals surface area contributed by atoms with Gasteiger partial charge >= 0.3 is 0 Å². The van der Waals surface area contributed by atoms with Crippen LogP contribution in [-0.4, -0.2) is 63.5 Å². The Morgan fingerprint density at radius 1 is 1.14 bits per heavy atom. The van der Waals surface area contributed by atoms with Gasteiger partial charge in [-0.2, -0.15) is 0 Å². The van der Waals surface area contributed by atoms with Crippen molar-refractivity contribution in [1.29, 1.82) is 0 Å². The summed E-state index contributed by atoms with van der Waals surface area (Å²) in [5.41, 5.74) is 4.78. The van der Waals surface area contributed by atoms with E-state index >= 15 is 0 Å². The number of benzene rings is 1. The third-order valence-electron chi connectivity index (χ3n) is 8.93. The standard InChI is InChI=1S/C23H28N2O3/c1-26-18-10-15-16(11-19(18)27-2)25-6-3-17-21-14-9-20-23(15,22(21)25)5-7-24(20)12-13(14)4-8-28-17/h4,10-11,14,17,20-22H,3,5-9,12H2,1-2H3. The second-order valence-corrected chi connectivity index (χ2v) is 9.50. The van der Waals surface area contributed by atoms with Crippen molar-refractivity contribution in [1.82, 2.24) is 4.90 Å². The summed E-state index contributed by atoms with van der Waals surface area (Å²) in [5, 5.41) is 0. The Bertz CT molecular complexity index is 898. The summed E-state index contributed by atoms with van der Waals surface area (Å²) >= 11 is 0. The number of fused-ring (bicyclic) bond motifs is 2. The van der Waals surface area contributed by atoms with E-state index in [1.165, 1.54) is 30.6 Å². The number of nitrogens with zero attached hydrogens (tertiary/aromatic N) is 2. The average molecular weight is 380 g/mol. The molecule has 6 unspecified atom stereocenters. The average Bonchev–Trinajstić information content (AvgIpc) is 3.18. The van der Waals surface area contributed by atoms with Crippen molar-refractivity contribution in [3.63, 3.8) is 0 Å². The summed E-state index contributed by atoms with van der Waals surface area (Å²) < 4.78 is 17.9. The summed E-state index contributed by atoms with van der Waals surface area (Å²) in [7, 11) is 3.51. The highest BCUT2D eigenvalue weighted by molar-refractivity contribution is 5.72. The smallest absolute Gasteiger partial charge is 0.162 e. The highest BCUT2D eigenvalue weighted by atomic mass is 16.5. The lowest BCUT2D eigenvalue weighted by Crippen LogP contribution is -2.68. The van der Waals surface area contributed by atoms with E-state index in [2.05, 4.69) is 28.0 Å². The quantitative estimate of drug-likeness (QED) is 0.737. The molecule has 1 aliphatic carbocycles. The molecule has 5 nitrogen and oxygen atoms in total. The van der Waals surface area contributed by atoms with E-state index in [-0.39, 0.29) is 5.41 Å². The monoisotopic (exact) mass is 380 g/mol. The molecule has 4 fully saturated rings. The molecule has 6 atom stereocenters. The van der Waals surface area contributed by atoms with Gasteiger partial charge in [-0.15, -0.1) is 0 Å². The van der Waals surface area contributed by atoms with E-state index in [0.29, 0.717) is 30.0 Å². The fourth-order valence-electron chi connectivity index (χ4n) is 8.04. The minimum Gasteiger partial charge on any atom is -0.493 e. The number of rotatable bonds is 2. The molecule has 6 aliphatic rings. The Balaban J connectivity index is 1.50. The first-order chi connectivity index (χ1) is 13.8. The molecular weight excluding hydrogens is 352 g/mol. The van der Waals surface area contributed by atoms with E-state index in [1.807, 2.05) is 0 Å². The van der Waals surface area contributed by atoms with Gasteiger partial charge in [0.15, 0.2) is 11.5 Å². The van der Waals surface area contributed by atoms with Crippen LogP contribution in [0.2, 0.25) is 0 Å². The van der Waals surface area contributed by atoms with Crippen molar-refractivity contribution in [3.05, 3.63) is 29.3 Å². The van der Waals surface area contributed by atoms with Gasteiger partial charge in [0.05, 0.1) is 26.9 Å². The number of hydrogen-bond acceptors (Lipinski definition) is 5. The molecular formula is C23H28N2O3. The first-order valence-corrected chi connectivity index (χ1v) is 10.8. The van der Waals surface area contributed by atoms with Crippen molar-refractivity contribution in [3.8, 4) is 11.5 Å². The Kier molecular flexibility index (Phi) is 3.02. The fourth-order valence-corrected chi connectivity index (χ4v) is 8.04. The first kappa shape index (κ1) is 16.1. The molecule has 0 N–H and O–H groups in total. The molecule has 7 rings (SSSR count). The van der Waals surface area contributed by atoms with Crippen LogP contribution in [0.15, 0.2) is 23.8 Å². The molecule has 148 valence electrons. The second-order valence-electron chi connectivity index (χ2n) is 9.50. The third kappa shape index (κ3) is 1.65. The van der Waals surface area contributed by atoms with Gasteiger partial charge in [0, 0.05) is 48.3 Å². The van der Waals surface area contributed by atoms with Crippen molar-refractivity contribution in [2.45, 2.75) is 42.9 Å². The summed E-state index contributed by atoms with van der Waals surface area (Å²) in [6, 6.07) is 5.76. The molecule has 1 aromatic rings. The van der Waals surface area contributed by atoms with Crippen LogP contribution in [0.5, 0.6) is 11.5 Å². The molecule has 1 spiro atoms. The molecule has 5 heterocycles. The van der Waals surface area contributed by atoms with Gasteiger partial charge in [0.1, 0.15) is 0 Å². The topological polar surface area (TPSA) is 34.2 Å². The molecule has 3 saturated heterocycles. The Morgan fingerprint density at radius 3 is 2.86 bits per heavy atom. The van der Waals surface area contributed by atoms with E-state index in [4.69, 9.17) is 14.2 Å². The maximum Gasteiger partial charge on any atom is 0.162 e. The summed E-state index contributed by atoms with van der Waals surface area (Å²) in [6.45, 7) is 4.26. The number of piperidine rings is 2. The van der Waals surface area contributed by atoms with Gasteiger partial charge in [-0.05, 0) is 43.4 Å². The van der Waals surface area contributed by atoms with Crippen molar-refractivity contribution >= 4 is 5.69 Å². The molecule has 1 saturated carbocycles. The minimum absolute atomic E-state index is 0.216. The maximum absolute atomic E-state index is 6.44. The Hall–Kier alpha value is -1.72. The van der Waals surface area contributed by atoms with Crippen molar-refractivity contribution < 1.29 is 14.2 Å². The summed E-state index contributed by atoms with van der Waals surface area (Å²) in [4.78, 5) is 5.51. The SMILES string of the molecule is COc1cc2c(cc1OC)C13CCN4CC5=CCOC6CCN2C1C6C5CC43. The van der Waals surface area contributed by atoms with Crippen LogP contribution in [0.1, 0.15) is 24.8 Å². The van der Waals surface area contributed by atoms with Gasteiger partial charge < -0.3 is 19.1 Å². The van der Waals surface area contributed by atoms with Crippen LogP contribution in [0.4, 0.5) is 5.69 Å². The van der Waals surface area contributed by atoms with Crippen molar-refractivity contribution in [2.24, 2.45) is 11.8 Å². The first-order valence-electron chi connectivity index (χ1n) is 10.8. The lowest BCUT2D eigenvalue weighted by Gasteiger charge is -2.59. The maximum atomic E-state index is 6.44. The highest BCUT2D eigenvalue weighted by Gasteiger charge is 2.69.